The maximum Gasteiger partial charge on any atom is 0.144 e. The van der Waals surface area contributed by atoms with Gasteiger partial charge in [0, 0.05) is 55.6 Å². The first-order chi connectivity index (χ1) is 36.2. The second-order valence-corrected chi connectivity index (χ2v) is 18.7. The Morgan fingerprint density at radius 1 is 0.559 bits per heavy atom. The van der Waals surface area contributed by atoms with Crippen LogP contribution in [-0.4, -0.2) is 15.0 Å². The predicted molar refractivity (Wildman–Crippen MR) is 278 cm³/mol. The van der Waals surface area contributed by atoms with Crippen molar-refractivity contribution in [2.45, 2.75) is 71.0 Å². The van der Waals surface area contributed by atoms with Gasteiger partial charge in [0.15, 0.2) is 0 Å². The number of pyridine rings is 3. The van der Waals surface area contributed by atoms with Crippen LogP contribution in [0.4, 0.5) is 0 Å². The fourth-order valence-electron chi connectivity index (χ4n) is 9.19. The zero-order chi connectivity index (χ0) is 53.8. The molecule has 0 aliphatic heterocycles. The maximum atomic E-state index is 10.1. The highest BCUT2D eigenvalue weighted by Crippen LogP contribution is 2.39. The molecule has 0 amide bonds. The number of furan rings is 1. The van der Waals surface area contributed by atoms with Gasteiger partial charge < -0.3 is 4.42 Å². The normalized spacial score (nSPS) is 14.2. The van der Waals surface area contributed by atoms with Crippen molar-refractivity contribution in [2.75, 3.05) is 0 Å². The number of para-hydroxylation sites is 1. The van der Waals surface area contributed by atoms with Gasteiger partial charge in [-0.25, -0.2) is 0 Å². The molecule has 4 heterocycles. The summed E-state index contributed by atoms with van der Waals surface area (Å²) in [5, 5.41) is 11.0. The Morgan fingerprint density at radius 2 is 1.15 bits per heavy atom. The summed E-state index contributed by atoms with van der Waals surface area (Å²) in [7, 11) is 0. The fourth-order valence-corrected chi connectivity index (χ4v) is 9.19. The molecule has 5 nitrogen and oxygen atoms in total. The molecule has 0 radical (unpaired) electrons. The summed E-state index contributed by atoms with van der Waals surface area (Å²) in [6.45, 7) is 5.88. The van der Waals surface area contributed by atoms with E-state index in [1.54, 1.807) is 60.7 Å². The SMILES string of the molecule is [2H]c1c(C#N)ccc2c1oc1c(-c3cc(-c4ccccc4C([2H])([2H])[2H])c(C([2H])([2H])C([2H])([2H])c4cc(CC(C)(C)c5ccc(-c6ccccc6)nc5)cc(CC(C)(C)c5ccc(-c6ccccc6)nc5)c4)cn3)cccc12. The molecule has 4 aromatic heterocycles. The van der Waals surface area contributed by atoms with E-state index in [9.17, 15) is 10.7 Å². The van der Waals surface area contributed by atoms with E-state index >= 15 is 0 Å². The van der Waals surface area contributed by atoms with E-state index in [1.165, 1.54) is 12.3 Å². The average Bonchev–Trinajstić information content (AvgIpc) is 3.86. The van der Waals surface area contributed by atoms with Crippen molar-refractivity contribution in [1.82, 2.24) is 15.0 Å². The van der Waals surface area contributed by atoms with Crippen LogP contribution in [0, 0.1) is 18.2 Å². The van der Waals surface area contributed by atoms with Crippen LogP contribution in [0.1, 0.15) is 83.2 Å². The number of aromatic nitrogens is 3. The minimum atomic E-state index is -2.83. The van der Waals surface area contributed by atoms with Gasteiger partial charge in [0.25, 0.3) is 0 Å². The predicted octanol–water partition coefficient (Wildman–Crippen LogP) is 15.4. The van der Waals surface area contributed by atoms with Crippen molar-refractivity contribution < 1.29 is 15.4 Å². The average molecular weight is 891 g/mol. The van der Waals surface area contributed by atoms with Gasteiger partial charge in [-0.3, -0.25) is 15.0 Å². The highest BCUT2D eigenvalue weighted by atomic mass is 16.3. The Kier molecular flexibility index (Phi) is 9.54. The molecular formula is C63H54N4O. The third-order valence-corrected chi connectivity index (χ3v) is 12.9. The van der Waals surface area contributed by atoms with Crippen LogP contribution in [0.5, 0.6) is 0 Å². The molecule has 0 unspecified atom stereocenters. The van der Waals surface area contributed by atoms with Crippen molar-refractivity contribution >= 4 is 21.9 Å². The van der Waals surface area contributed by atoms with E-state index in [2.05, 4.69) is 45.9 Å². The molecule has 0 spiro atoms. The minimum Gasteiger partial charge on any atom is -0.455 e. The number of hydrogen-bond donors (Lipinski definition) is 0. The van der Waals surface area contributed by atoms with Gasteiger partial charge in [-0.15, -0.1) is 0 Å². The third kappa shape index (κ3) is 9.11. The fraction of sp³-hybridized carbons (Fsp3) is 0.175. The highest BCUT2D eigenvalue weighted by molar-refractivity contribution is 6.09. The number of rotatable bonds is 13. The molecular weight excluding hydrogens is 829 g/mol. The summed E-state index contributed by atoms with van der Waals surface area (Å²) in [6.07, 6.45) is 0.450. The Balaban J connectivity index is 1.10. The molecule has 0 fully saturated rings. The summed E-state index contributed by atoms with van der Waals surface area (Å²) in [5.41, 5.74) is 8.07. The topological polar surface area (TPSA) is 75.6 Å². The molecule has 0 saturated heterocycles. The van der Waals surface area contributed by atoms with Crippen molar-refractivity contribution in [2.24, 2.45) is 0 Å². The lowest BCUT2D eigenvalue weighted by Gasteiger charge is -2.28. The number of fused-ring (bicyclic) bond motifs is 3. The Hall–Kier alpha value is -7.94. The molecule has 68 heavy (non-hydrogen) atoms. The van der Waals surface area contributed by atoms with Gasteiger partial charge in [-0.1, -0.05) is 155 Å². The molecule has 10 rings (SSSR count). The summed E-state index contributed by atoms with van der Waals surface area (Å²) in [6, 6.07) is 52.4. The lowest BCUT2D eigenvalue weighted by molar-refractivity contribution is 0.512. The molecule has 0 atom stereocenters. The molecule has 0 saturated carbocycles. The number of aryl methyl sites for hydroxylation is 3. The molecule has 0 bridgehead atoms. The quantitative estimate of drug-likeness (QED) is 0.115. The van der Waals surface area contributed by atoms with Crippen LogP contribution in [0.25, 0.3) is 66.8 Å². The van der Waals surface area contributed by atoms with Gasteiger partial charge in [0.05, 0.1) is 30.1 Å². The lowest BCUT2D eigenvalue weighted by atomic mass is 9.77. The van der Waals surface area contributed by atoms with Crippen molar-refractivity contribution in [3.63, 3.8) is 0 Å². The van der Waals surface area contributed by atoms with Crippen LogP contribution in [0.15, 0.2) is 193 Å². The van der Waals surface area contributed by atoms with Crippen molar-refractivity contribution in [1.29, 1.82) is 5.26 Å². The zero-order valence-corrected chi connectivity index (χ0v) is 38.4. The molecule has 6 aromatic carbocycles. The van der Waals surface area contributed by atoms with Crippen LogP contribution in [-0.2, 0) is 36.4 Å². The first-order valence-corrected chi connectivity index (χ1v) is 22.8. The third-order valence-electron chi connectivity index (χ3n) is 12.9. The summed E-state index contributed by atoms with van der Waals surface area (Å²) >= 11 is 0. The minimum absolute atomic E-state index is 0.0408. The summed E-state index contributed by atoms with van der Waals surface area (Å²) in [4.78, 5) is 14.5. The van der Waals surface area contributed by atoms with Gasteiger partial charge in [0.1, 0.15) is 11.2 Å². The second kappa shape index (κ2) is 18.4. The molecule has 332 valence electrons. The van der Waals surface area contributed by atoms with E-state index in [0.29, 0.717) is 40.5 Å². The molecule has 10 aromatic rings. The van der Waals surface area contributed by atoms with E-state index < -0.39 is 30.4 Å². The Morgan fingerprint density at radius 3 is 1.75 bits per heavy atom. The standard InChI is InChI=1S/C63H54N4O/c1-42-15-12-13-20-52(42)56-35-59(55-22-14-21-54-53-28-24-44(38-64)34-60(53)68-61(54)55)65-39-49(56)25-23-43-31-45(36-62(2,3)50-26-29-57(66-40-50)47-16-8-6-9-17-47)33-46(32-43)37-63(4,5)51-27-30-58(67-41-51)48-18-10-7-11-19-48/h6-22,24,26-35,39-41H,23,25,36-37H2,1-5H3/i1D3,23D2,25D2,34D. The largest absolute Gasteiger partial charge is 0.455 e. The van der Waals surface area contributed by atoms with Crippen LogP contribution in [0.2, 0.25) is 0 Å². The highest BCUT2D eigenvalue weighted by Gasteiger charge is 2.26. The number of hydrogen-bond acceptors (Lipinski definition) is 5. The van der Waals surface area contributed by atoms with Gasteiger partial charge in [-0.2, -0.15) is 5.26 Å². The maximum absolute atomic E-state index is 10.1. The molecule has 0 aliphatic rings. The first-order valence-electron chi connectivity index (χ1n) is 26.8. The van der Waals surface area contributed by atoms with E-state index in [-0.39, 0.29) is 45.0 Å². The van der Waals surface area contributed by atoms with Gasteiger partial charge >= 0.3 is 0 Å². The first kappa shape index (κ1) is 35.3. The summed E-state index contributed by atoms with van der Waals surface area (Å²) < 4.78 is 81.0. The van der Waals surface area contributed by atoms with Gasteiger partial charge in [0.2, 0.25) is 0 Å². The molecule has 0 N–H and O–H groups in total. The van der Waals surface area contributed by atoms with Crippen molar-refractivity contribution in [3.8, 4) is 51.0 Å². The van der Waals surface area contributed by atoms with Crippen LogP contribution in [0.3, 0.4) is 0 Å². The Bertz CT molecular complexity index is 3710. The van der Waals surface area contributed by atoms with Crippen molar-refractivity contribution in [3.05, 3.63) is 233 Å². The second-order valence-electron chi connectivity index (χ2n) is 18.7. The summed E-state index contributed by atoms with van der Waals surface area (Å²) in [5.74, 6) is 0. The zero-order valence-electron chi connectivity index (χ0n) is 46.4. The van der Waals surface area contributed by atoms with E-state index in [1.807, 2.05) is 97.3 Å². The number of nitrogens with zero attached hydrogens (tertiary/aromatic N) is 4. The molecule has 5 heteroatoms. The van der Waals surface area contributed by atoms with E-state index in [0.717, 1.165) is 44.8 Å². The van der Waals surface area contributed by atoms with Crippen LogP contribution < -0.4 is 0 Å². The van der Waals surface area contributed by atoms with E-state index in [4.69, 9.17) is 24.9 Å². The smallest absolute Gasteiger partial charge is 0.144 e. The number of benzene rings is 6. The van der Waals surface area contributed by atoms with Crippen LogP contribution >= 0.6 is 0 Å². The monoisotopic (exact) mass is 890 g/mol. The van der Waals surface area contributed by atoms with Gasteiger partial charge in [-0.05, 0) is 136 Å². The molecule has 0 aliphatic carbocycles. The Labute approximate surface area is 411 Å². The number of nitriles is 1. The lowest BCUT2D eigenvalue weighted by Crippen LogP contribution is -2.23.